The lowest BCUT2D eigenvalue weighted by Crippen LogP contribution is -2.46. The van der Waals surface area contributed by atoms with Gasteiger partial charge in [-0.25, -0.2) is 0 Å². The highest BCUT2D eigenvalue weighted by Gasteiger charge is 2.53. The van der Waals surface area contributed by atoms with Crippen molar-refractivity contribution < 1.29 is 19.4 Å². The van der Waals surface area contributed by atoms with Crippen molar-refractivity contribution in [3.63, 3.8) is 0 Å². The van der Waals surface area contributed by atoms with Gasteiger partial charge in [0.1, 0.15) is 0 Å². The van der Waals surface area contributed by atoms with Gasteiger partial charge in [0.15, 0.2) is 11.6 Å². The molecule has 0 aromatic heterocycles. The maximum Gasteiger partial charge on any atom is 0.165 e. The Morgan fingerprint density at radius 1 is 1.04 bits per heavy atom. The standard InChI is InChI=1S/C23H36O4/c1-21(2)13-26-23(4,27-14-21)12-10-17-15-9-11-22(3)18(6-8-20(22)25)16(15)5-7-19(17)24/h16,18,20,25H,5-14H2,1-4H3/t16?,18?,20-,22-/m0/s1. The second-order valence-corrected chi connectivity index (χ2v) is 10.7. The summed E-state index contributed by atoms with van der Waals surface area (Å²) in [6.07, 6.45) is 6.98. The highest BCUT2D eigenvalue weighted by molar-refractivity contribution is 5.97. The summed E-state index contributed by atoms with van der Waals surface area (Å²) in [5, 5.41) is 10.5. The van der Waals surface area contributed by atoms with Gasteiger partial charge in [-0.2, -0.15) is 0 Å². The highest BCUT2D eigenvalue weighted by Crippen LogP contribution is 2.58. The van der Waals surface area contributed by atoms with E-state index in [2.05, 4.69) is 20.8 Å². The average molecular weight is 377 g/mol. The molecule has 0 aromatic rings. The number of Topliss-reactive ketones (excluding diaryl/α,β-unsaturated/α-hetero) is 1. The number of ketones is 1. The van der Waals surface area contributed by atoms with E-state index in [1.165, 1.54) is 5.57 Å². The largest absolute Gasteiger partial charge is 0.393 e. The van der Waals surface area contributed by atoms with Gasteiger partial charge in [-0.15, -0.1) is 0 Å². The number of aliphatic hydroxyl groups excluding tert-OH is 1. The monoisotopic (exact) mass is 376 g/mol. The topological polar surface area (TPSA) is 55.8 Å². The fraction of sp³-hybridized carbons (Fsp3) is 0.870. The van der Waals surface area contributed by atoms with Crippen LogP contribution in [0.5, 0.6) is 0 Å². The number of carbonyl (C=O) groups is 1. The zero-order chi connectivity index (χ0) is 19.4. The van der Waals surface area contributed by atoms with Crippen LogP contribution in [0.1, 0.15) is 79.1 Å². The van der Waals surface area contributed by atoms with Crippen LogP contribution in [0.25, 0.3) is 0 Å². The minimum absolute atomic E-state index is 0.0484. The van der Waals surface area contributed by atoms with Crippen molar-refractivity contribution in [2.75, 3.05) is 13.2 Å². The molecule has 4 nitrogen and oxygen atoms in total. The van der Waals surface area contributed by atoms with Gasteiger partial charge in [-0.3, -0.25) is 4.79 Å². The van der Waals surface area contributed by atoms with Crippen molar-refractivity contribution in [3.05, 3.63) is 11.1 Å². The van der Waals surface area contributed by atoms with Crippen LogP contribution >= 0.6 is 0 Å². The minimum atomic E-state index is -0.580. The van der Waals surface area contributed by atoms with Crippen molar-refractivity contribution in [1.29, 1.82) is 0 Å². The molecular weight excluding hydrogens is 340 g/mol. The fourth-order valence-corrected chi connectivity index (χ4v) is 6.03. The summed E-state index contributed by atoms with van der Waals surface area (Å²) in [4.78, 5) is 12.8. The normalized spacial score (nSPS) is 40.6. The molecule has 2 saturated carbocycles. The number of ether oxygens (including phenoxy) is 2. The third-order valence-electron chi connectivity index (χ3n) is 8.00. The molecule has 1 heterocycles. The molecule has 0 amide bonds. The van der Waals surface area contributed by atoms with Crippen LogP contribution in [0.4, 0.5) is 0 Å². The number of allylic oxidation sites excluding steroid dienone is 2. The molecule has 1 N–H and O–H groups in total. The van der Waals surface area contributed by atoms with Crippen LogP contribution in [0.15, 0.2) is 11.1 Å². The van der Waals surface area contributed by atoms with Gasteiger partial charge in [0.25, 0.3) is 0 Å². The number of fused-ring (bicyclic) bond motifs is 3. The summed E-state index contributed by atoms with van der Waals surface area (Å²) in [6.45, 7) is 10.00. The predicted octanol–water partition coefficient (Wildman–Crippen LogP) is 4.40. The van der Waals surface area contributed by atoms with E-state index in [1.54, 1.807) is 0 Å². The molecule has 4 rings (SSSR count). The van der Waals surface area contributed by atoms with E-state index in [0.29, 0.717) is 37.3 Å². The molecule has 1 saturated heterocycles. The van der Waals surface area contributed by atoms with E-state index in [4.69, 9.17) is 9.47 Å². The molecule has 0 radical (unpaired) electrons. The summed E-state index contributed by atoms with van der Waals surface area (Å²) in [5.41, 5.74) is 2.58. The molecule has 1 aliphatic heterocycles. The number of rotatable bonds is 3. The molecule has 0 aromatic carbocycles. The van der Waals surface area contributed by atoms with Crippen LogP contribution in [0.3, 0.4) is 0 Å². The third-order valence-corrected chi connectivity index (χ3v) is 8.00. The SMILES string of the molecule is CC1(C)COC(C)(CCC2=C3CC[C@@]4(C)C(CC[C@@H]4O)C3CCC2=O)OC1. The van der Waals surface area contributed by atoms with Gasteiger partial charge < -0.3 is 14.6 Å². The zero-order valence-electron chi connectivity index (χ0n) is 17.5. The van der Waals surface area contributed by atoms with E-state index < -0.39 is 5.79 Å². The lowest BCUT2D eigenvalue weighted by molar-refractivity contribution is -0.291. The van der Waals surface area contributed by atoms with Gasteiger partial charge in [0, 0.05) is 18.3 Å². The lowest BCUT2D eigenvalue weighted by atomic mass is 9.58. The number of hydrogen-bond acceptors (Lipinski definition) is 4. The molecule has 4 atom stereocenters. The van der Waals surface area contributed by atoms with Crippen molar-refractivity contribution in [2.45, 2.75) is 91.0 Å². The molecule has 152 valence electrons. The summed E-state index contributed by atoms with van der Waals surface area (Å²) in [7, 11) is 0. The number of aliphatic hydroxyl groups is 1. The first-order chi connectivity index (χ1) is 12.6. The number of hydrogen-bond donors (Lipinski definition) is 1. The van der Waals surface area contributed by atoms with Gasteiger partial charge >= 0.3 is 0 Å². The van der Waals surface area contributed by atoms with Crippen LogP contribution in [0, 0.1) is 22.7 Å². The van der Waals surface area contributed by atoms with Gasteiger partial charge in [0.05, 0.1) is 19.3 Å². The van der Waals surface area contributed by atoms with Gasteiger partial charge in [0.2, 0.25) is 0 Å². The van der Waals surface area contributed by atoms with Crippen LogP contribution < -0.4 is 0 Å². The molecule has 0 spiro atoms. The van der Waals surface area contributed by atoms with Crippen molar-refractivity contribution in [1.82, 2.24) is 0 Å². The smallest absolute Gasteiger partial charge is 0.165 e. The highest BCUT2D eigenvalue weighted by atomic mass is 16.7. The van der Waals surface area contributed by atoms with E-state index in [0.717, 1.165) is 50.5 Å². The Kier molecular flexibility index (Phi) is 4.84. The molecule has 3 fully saturated rings. The Balaban J connectivity index is 1.51. The minimum Gasteiger partial charge on any atom is -0.393 e. The van der Waals surface area contributed by atoms with Crippen LogP contribution in [-0.2, 0) is 14.3 Å². The zero-order valence-corrected chi connectivity index (χ0v) is 17.5. The molecule has 0 bridgehead atoms. The Hall–Kier alpha value is -0.710. The van der Waals surface area contributed by atoms with Crippen molar-refractivity contribution in [3.8, 4) is 0 Å². The summed E-state index contributed by atoms with van der Waals surface area (Å²) in [5.74, 6) is 0.790. The first-order valence-electron chi connectivity index (χ1n) is 10.8. The molecule has 4 heteroatoms. The maximum atomic E-state index is 12.8. The molecule has 4 aliphatic rings. The Morgan fingerprint density at radius 3 is 2.44 bits per heavy atom. The summed E-state index contributed by atoms with van der Waals surface area (Å²) < 4.78 is 12.1. The second-order valence-electron chi connectivity index (χ2n) is 10.7. The van der Waals surface area contributed by atoms with E-state index in [-0.39, 0.29) is 16.9 Å². The van der Waals surface area contributed by atoms with Crippen LogP contribution in [-0.4, -0.2) is 36.0 Å². The van der Waals surface area contributed by atoms with E-state index in [9.17, 15) is 9.90 Å². The maximum absolute atomic E-state index is 12.8. The second kappa shape index (κ2) is 6.67. The molecule has 3 aliphatic carbocycles. The average Bonchev–Trinajstić information content (AvgIpc) is 2.93. The van der Waals surface area contributed by atoms with Crippen molar-refractivity contribution in [2.24, 2.45) is 22.7 Å². The molecule has 27 heavy (non-hydrogen) atoms. The first kappa shape index (κ1) is 19.6. The Morgan fingerprint density at radius 2 is 1.74 bits per heavy atom. The van der Waals surface area contributed by atoms with E-state index in [1.807, 2.05) is 6.92 Å². The fourth-order valence-electron chi connectivity index (χ4n) is 6.03. The summed E-state index contributed by atoms with van der Waals surface area (Å²) in [6, 6.07) is 0. The predicted molar refractivity (Wildman–Crippen MR) is 104 cm³/mol. The lowest BCUT2D eigenvalue weighted by Gasteiger charge is -2.47. The Bertz CT molecular complexity index is 639. The quantitative estimate of drug-likeness (QED) is 0.793. The van der Waals surface area contributed by atoms with E-state index >= 15 is 0 Å². The molecular formula is C23H36O4. The molecule has 2 unspecified atom stereocenters. The van der Waals surface area contributed by atoms with Gasteiger partial charge in [-0.05, 0) is 68.3 Å². The first-order valence-corrected chi connectivity index (χ1v) is 10.8. The van der Waals surface area contributed by atoms with Crippen molar-refractivity contribution >= 4 is 5.78 Å². The van der Waals surface area contributed by atoms with Crippen LogP contribution in [0.2, 0.25) is 0 Å². The number of carbonyl (C=O) groups excluding carboxylic acids is 1. The third kappa shape index (κ3) is 3.42. The Labute approximate surface area is 163 Å². The summed E-state index contributed by atoms with van der Waals surface area (Å²) >= 11 is 0. The van der Waals surface area contributed by atoms with Gasteiger partial charge in [-0.1, -0.05) is 26.3 Å².